The normalized spacial score (nSPS) is 11.3. The second kappa shape index (κ2) is 10.4. The highest BCUT2D eigenvalue weighted by atomic mass is 32.2. The third-order valence-electron chi connectivity index (χ3n) is 3.83. The number of hydroxylamine groups is 1. The van der Waals surface area contributed by atoms with Gasteiger partial charge in [-0.3, -0.25) is 14.4 Å². The van der Waals surface area contributed by atoms with Gasteiger partial charge in [0.05, 0.1) is 23.5 Å². The van der Waals surface area contributed by atoms with E-state index in [-0.39, 0.29) is 28.2 Å². The SMILES string of the molecule is CON(C)S(=O)(=O)c1ccc(NC(=O)CSCC(=O)Nc2ccc(C)cc2)cc1. The predicted molar refractivity (Wildman–Crippen MR) is 114 cm³/mol. The summed E-state index contributed by atoms with van der Waals surface area (Å²) in [4.78, 5) is 28.7. The first-order valence-electron chi connectivity index (χ1n) is 8.59. The second-order valence-corrected chi connectivity index (χ2v) is 9.00. The average molecular weight is 438 g/mol. The summed E-state index contributed by atoms with van der Waals surface area (Å²) in [5.74, 6) is -0.249. The van der Waals surface area contributed by atoms with Gasteiger partial charge in [0.25, 0.3) is 10.0 Å². The number of thioether (sulfide) groups is 1. The van der Waals surface area contributed by atoms with Crippen molar-refractivity contribution >= 4 is 45.0 Å². The third-order valence-corrected chi connectivity index (χ3v) is 6.46. The molecule has 0 fully saturated rings. The maximum Gasteiger partial charge on any atom is 0.264 e. The van der Waals surface area contributed by atoms with Crippen LogP contribution >= 0.6 is 11.8 Å². The molecule has 0 bridgehead atoms. The fraction of sp³-hybridized carbons (Fsp3) is 0.263. The Labute approximate surface area is 174 Å². The maximum atomic E-state index is 12.1. The highest BCUT2D eigenvalue weighted by molar-refractivity contribution is 8.00. The molecule has 0 radical (unpaired) electrons. The first kappa shape index (κ1) is 22.9. The molecule has 0 aliphatic carbocycles. The van der Waals surface area contributed by atoms with Crippen molar-refractivity contribution < 1.29 is 22.8 Å². The van der Waals surface area contributed by atoms with E-state index < -0.39 is 10.0 Å². The highest BCUT2D eigenvalue weighted by Crippen LogP contribution is 2.18. The van der Waals surface area contributed by atoms with Gasteiger partial charge in [-0.15, -0.1) is 11.8 Å². The largest absolute Gasteiger partial charge is 0.325 e. The van der Waals surface area contributed by atoms with Crippen LogP contribution in [0, 0.1) is 6.92 Å². The predicted octanol–water partition coefficient (Wildman–Crippen LogP) is 2.49. The number of amides is 2. The molecule has 0 saturated carbocycles. The van der Waals surface area contributed by atoms with Crippen LogP contribution in [-0.2, 0) is 24.4 Å². The third kappa shape index (κ3) is 6.86. The molecule has 10 heteroatoms. The van der Waals surface area contributed by atoms with E-state index >= 15 is 0 Å². The van der Waals surface area contributed by atoms with E-state index in [9.17, 15) is 18.0 Å². The van der Waals surface area contributed by atoms with Gasteiger partial charge in [0.15, 0.2) is 0 Å². The molecule has 0 aromatic heterocycles. The molecule has 2 amide bonds. The minimum absolute atomic E-state index is 0.0435. The number of anilines is 2. The lowest BCUT2D eigenvalue weighted by molar-refractivity contribution is -0.114. The lowest BCUT2D eigenvalue weighted by Gasteiger charge is -2.14. The van der Waals surface area contributed by atoms with Crippen LogP contribution in [0.15, 0.2) is 53.4 Å². The van der Waals surface area contributed by atoms with E-state index in [1.165, 1.54) is 50.2 Å². The standard InChI is InChI=1S/C19H23N3O5S2/c1-14-4-6-15(7-5-14)20-18(23)12-28-13-19(24)21-16-8-10-17(11-9-16)29(25,26)22(2)27-3/h4-11H,12-13H2,1-3H3,(H,20,23)(H,21,24). The molecule has 0 unspecified atom stereocenters. The summed E-state index contributed by atoms with van der Waals surface area (Å²) in [6.07, 6.45) is 0. The van der Waals surface area contributed by atoms with Crippen LogP contribution in [0.5, 0.6) is 0 Å². The fourth-order valence-electron chi connectivity index (χ4n) is 2.22. The number of nitrogens with one attached hydrogen (secondary N) is 2. The summed E-state index contributed by atoms with van der Waals surface area (Å²) < 4.78 is 25.0. The van der Waals surface area contributed by atoms with Crippen molar-refractivity contribution in [2.45, 2.75) is 11.8 Å². The molecule has 8 nitrogen and oxygen atoms in total. The highest BCUT2D eigenvalue weighted by Gasteiger charge is 2.20. The molecule has 156 valence electrons. The summed E-state index contributed by atoms with van der Waals surface area (Å²) in [6.45, 7) is 1.96. The number of aryl methyl sites for hydroxylation is 1. The quantitative estimate of drug-likeness (QED) is 0.584. The molecule has 0 spiro atoms. The minimum atomic E-state index is -3.74. The Morgan fingerprint density at radius 1 is 0.931 bits per heavy atom. The lowest BCUT2D eigenvalue weighted by atomic mass is 10.2. The van der Waals surface area contributed by atoms with Crippen LogP contribution in [0.3, 0.4) is 0 Å². The molecule has 0 aliphatic heterocycles. The first-order chi connectivity index (χ1) is 13.7. The van der Waals surface area contributed by atoms with E-state index in [0.29, 0.717) is 11.4 Å². The van der Waals surface area contributed by atoms with Gasteiger partial charge in [-0.2, -0.15) is 0 Å². The Kier molecular flexibility index (Phi) is 8.21. The van der Waals surface area contributed by atoms with Crippen molar-refractivity contribution in [3.8, 4) is 0 Å². The number of hydrogen-bond donors (Lipinski definition) is 2. The Hall–Kier alpha value is -2.40. The molecule has 0 aliphatic rings. The number of rotatable bonds is 9. The van der Waals surface area contributed by atoms with Crippen molar-refractivity contribution in [2.75, 3.05) is 36.3 Å². The second-order valence-electron chi connectivity index (χ2n) is 6.08. The van der Waals surface area contributed by atoms with Crippen LogP contribution in [-0.4, -0.2) is 50.4 Å². The molecule has 2 aromatic carbocycles. The van der Waals surface area contributed by atoms with Crippen molar-refractivity contribution in [3.05, 3.63) is 54.1 Å². The molecule has 29 heavy (non-hydrogen) atoms. The van der Waals surface area contributed by atoms with E-state index in [0.717, 1.165) is 10.0 Å². The molecular weight excluding hydrogens is 414 g/mol. The van der Waals surface area contributed by atoms with Gasteiger partial charge in [0.2, 0.25) is 11.8 Å². The van der Waals surface area contributed by atoms with Gasteiger partial charge in [0.1, 0.15) is 0 Å². The Morgan fingerprint density at radius 3 is 1.83 bits per heavy atom. The van der Waals surface area contributed by atoms with E-state index in [2.05, 4.69) is 10.6 Å². The van der Waals surface area contributed by atoms with Crippen LogP contribution in [0.1, 0.15) is 5.56 Å². The van der Waals surface area contributed by atoms with Gasteiger partial charge in [-0.05, 0) is 43.3 Å². The molecule has 0 atom stereocenters. The molecule has 2 N–H and O–H groups in total. The Morgan fingerprint density at radius 2 is 1.38 bits per heavy atom. The smallest absolute Gasteiger partial charge is 0.264 e. The molecular formula is C19H23N3O5S2. The molecule has 0 heterocycles. The number of nitrogens with zero attached hydrogens (tertiary/aromatic N) is 1. The number of hydrogen-bond acceptors (Lipinski definition) is 6. The minimum Gasteiger partial charge on any atom is -0.325 e. The first-order valence-corrected chi connectivity index (χ1v) is 11.2. The maximum absolute atomic E-state index is 12.1. The van der Waals surface area contributed by atoms with Gasteiger partial charge in [-0.1, -0.05) is 22.2 Å². The number of benzene rings is 2. The van der Waals surface area contributed by atoms with Crippen molar-refractivity contribution in [3.63, 3.8) is 0 Å². The van der Waals surface area contributed by atoms with Gasteiger partial charge >= 0.3 is 0 Å². The molecule has 2 rings (SSSR count). The van der Waals surface area contributed by atoms with Gasteiger partial charge < -0.3 is 10.6 Å². The van der Waals surface area contributed by atoms with Crippen molar-refractivity contribution in [1.29, 1.82) is 0 Å². The summed E-state index contributed by atoms with van der Waals surface area (Å²) in [5.41, 5.74) is 2.27. The van der Waals surface area contributed by atoms with Crippen LogP contribution < -0.4 is 10.6 Å². The Balaban J connectivity index is 1.79. The zero-order valence-corrected chi connectivity index (χ0v) is 18.0. The Bertz CT molecular complexity index is 945. The van der Waals surface area contributed by atoms with Crippen molar-refractivity contribution in [1.82, 2.24) is 4.47 Å². The van der Waals surface area contributed by atoms with E-state index in [4.69, 9.17) is 4.84 Å². The topological polar surface area (TPSA) is 105 Å². The van der Waals surface area contributed by atoms with Gasteiger partial charge in [-0.25, -0.2) is 8.42 Å². The number of carbonyl (C=O) groups is 2. The van der Waals surface area contributed by atoms with Crippen LogP contribution in [0.25, 0.3) is 0 Å². The number of carbonyl (C=O) groups excluding carboxylic acids is 2. The van der Waals surface area contributed by atoms with Crippen LogP contribution in [0.4, 0.5) is 11.4 Å². The van der Waals surface area contributed by atoms with E-state index in [1.807, 2.05) is 31.2 Å². The van der Waals surface area contributed by atoms with Crippen molar-refractivity contribution in [2.24, 2.45) is 0 Å². The zero-order chi connectivity index (χ0) is 21.4. The summed E-state index contributed by atoms with van der Waals surface area (Å²) >= 11 is 1.18. The zero-order valence-electron chi connectivity index (χ0n) is 16.3. The monoisotopic (exact) mass is 437 g/mol. The lowest BCUT2D eigenvalue weighted by Crippen LogP contribution is -2.25. The summed E-state index contributed by atoms with van der Waals surface area (Å²) in [5, 5.41) is 5.43. The number of sulfonamides is 1. The molecule has 0 saturated heterocycles. The average Bonchev–Trinajstić information content (AvgIpc) is 2.69. The summed E-state index contributed by atoms with van der Waals surface area (Å²) in [6, 6.07) is 13.2. The van der Waals surface area contributed by atoms with E-state index in [1.54, 1.807) is 0 Å². The molecule has 2 aromatic rings. The summed E-state index contributed by atoms with van der Waals surface area (Å²) in [7, 11) is -1.19. The van der Waals surface area contributed by atoms with Gasteiger partial charge in [0, 0.05) is 18.4 Å². The van der Waals surface area contributed by atoms with Crippen LogP contribution in [0.2, 0.25) is 0 Å². The fourth-order valence-corrected chi connectivity index (χ4v) is 3.81.